The minimum absolute atomic E-state index is 0.0363. The molecule has 7 aromatic carbocycles. The predicted molar refractivity (Wildman–Crippen MR) is 244 cm³/mol. The van der Waals surface area contributed by atoms with Gasteiger partial charge in [-0.1, -0.05) is 133 Å². The maximum Gasteiger partial charge on any atom is 0.416 e. The van der Waals surface area contributed by atoms with E-state index in [1.54, 1.807) is 24.5 Å². The number of alkyl halides is 3. The van der Waals surface area contributed by atoms with E-state index >= 15 is 4.39 Å². The van der Waals surface area contributed by atoms with Crippen molar-refractivity contribution in [2.75, 3.05) is 12.4 Å². The van der Waals surface area contributed by atoms with Crippen LogP contribution >= 0.6 is 0 Å². The Labute approximate surface area is 376 Å². The summed E-state index contributed by atoms with van der Waals surface area (Å²) in [4.78, 5) is 27.3. The number of ether oxygens (including phenoxy) is 2. The molecule has 1 N–H and O–H groups in total. The molecule has 2 heterocycles. The summed E-state index contributed by atoms with van der Waals surface area (Å²) in [5.74, 6) is -1.75. The molecule has 9 aromatic rings. The molecule has 0 saturated heterocycles. The van der Waals surface area contributed by atoms with E-state index in [2.05, 4.69) is 15.5 Å². The van der Waals surface area contributed by atoms with Gasteiger partial charge < -0.3 is 14.8 Å². The zero-order valence-electron chi connectivity index (χ0n) is 35.5. The lowest BCUT2D eigenvalue weighted by Crippen LogP contribution is -2.38. The second kappa shape index (κ2) is 17.7. The molecule has 0 aliphatic rings. The number of carbonyl (C=O) groups is 1. The van der Waals surface area contributed by atoms with Crippen LogP contribution in [0.15, 0.2) is 181 Å². The van der Waals surface area contributed by atoms with Crippen LogP contribution in [0.2, 0.25) is 0 Å². The number of nitrogens with zero attached hydrogens (tertiary/aromatic N) is 5. The van der Waals surface area contributed by atoms with E-state index in [-0.39, 0.29) is 40.3 Å². The van der Waals surface area contributed by atoms with Crippen LogP contribution in [0.4, 0.5) is 23.2 Å². The first-order chi connectivity index (χ1) is 32.0. The third-order valence-corrected chi connectivity index (χ3v) is 11.6. The Morgan fingerprint density at radius 1 is 0.697 bits per heavy atom. The van der Waals surface area contributed by atoms with Crippen molar-refractivity contribution < 1.29 is 31.8 Å². The number of hydrogen-bond donors (Lipinski definition) is 1. The number of halogens is 4. The predicted octanol–water partition coefficient (Wildman–Crippen LogP) is 10.5. The highest BCUT2D eigenvalue weighted by Gasteiger charge is 2.40. The van der Waals surface area contributed by atoms with Crippen LogP contribution in [-0.4, -0.2) is 36.9 Å². The number of methoxy groups -OCH3 is 1. The van der Waals surface area contributed by atoms with Crippen molar-refractivity contribution in [1.82, 2.24) is 23.9 Å². The molecule has 1 amide bonds. The summed E-state index contributed by atoms with van der Waals surface area (Å²) in [7, 11) is 2.65. The highest BCUT2D eigenvalue weighted by Crippen LogP contribution is 2.44. The molecule has 0 atom stereocenters. The zero-order chi connectivity index (χ0) is 46.0. The summed E-state index contributed by atoms with van der Waals surface area (Å²) >= 11 is 0. The van der Waals surface area contributed by atoms with Crippen LogP contribution in [-0.2, 0) is 36.7 Å². The number of nitrogens with one attached hydrogen (secondary N) is 1. The molecule has 0 aliphatic carbocycles. The van der Waals surface area contributed by atoms with Crippen molar-refractivity contribution in [3.05, 3.63) is 221 Å². The van der Waals surface area contributed by atoms with Crippen molar-refractivity contribution in [2.45, 2.75) is 24.9 Å². The van der Waals surface area contributed by atoms with Gasteiger partial charge in [-0.3, -0.25) is 18.5 Å². The van der Waals surface area contributed by atoms with Crippen molar-refractivity contribution in [1.29, 1.82) is 0 Å². The summed E-state index contributed by atoms with van der Waals surface area (Å²) in [6, 6.07) is 50.0. The number of imidazole rings is 1. The molecule has 0 fully saturated rings. The Kier molecular flexibility index (Phi) is 11.5. The molecule has 10 nitrogen and oxygen atoms in total. The van der Waals surface area contributed by atoms with Gasteiger partial charge in [-0.15, -0.1) is 10.2 Å². The van der Waals surface area contributed by atoms with E-state index in [1.807, 2.05) is 132 Å². The molecular formula is C52H40F4N6O4. The van der Waals surface area contributed by atoms with Gasteiger partial charge in [-0.05, 0) is 69.8 Å². The maximum absolute atomic E-state index is 16.6. The van der Waals surface area contributed by atoms with Crippen molar-refractivity contribution in [3.63, 3.8) is 0 Å². The summed E-state index contributed by atoms with van der Waals surface area (Å²) < 4.78 is 76.3. The van der Waals surface area contributed by atoms with Crippen molar-refractivity contribution in [3.8, 4) is 33.8 Å². The number of aromatic nitrogens is 5. The van der Waals surface area contributed by atoms with Gasteiger partial charge in [0.05, 0.1) is 23.7 Å². The monoisotopic (exact) mass is 888 g/mol. The van der Waals surface area contributed by atoms with Crippen LogP contribution < -0.4 is 20.5 Å². The molecule has 66 heavy (non-hydrogen) atoms. The van der Waals surface area contributed by atoms with E-state index < -0.39 is 41.2 Å². The fourth-order valence-corrected chi connectivity index (χ4v) is 8.59. The van der Waals surface area contributed by atoms with Crippen LogP contribution in [0.1, 0.15) is 28.1 Å². The highest BCUT2D eigenvalue weighted by molar-refractivity contribution is 5.96. The summed E-state index contributed by atoms with van der Waals surface area (Å²) in [6.07, 6.45) is -3.29. The molecule has 0 saturated carbocycles. The van der Waals surface area contributed by atoms with E-state index in [0.29, 0.717) is 11.5 Å². The SMILES string of the molecule is COc1cc(-c2cc(C(F)(F)F)cc3c2n(C)c(=O)n3CC(=O)Nc2cccc(-c3ccccc3)c2)cc(F)c1OCc1nncn1C(c1ccccc1)(c1ccccc1)c1ccccc1. The second-order valence-corrected chi connectivity index (χ2v) is 15.5. The van der Waals surface area contributed by atoms with Crippen LogP contribution in [0, 0.1) is 5.82 Å². The lowest BCUT2D eigenvalue weighted by Gasteiger charge is -2.38. The van der Waals surface area contributed by atoms with Crippen LogP contribution in [0.5, 0.6) is 11.5 Å². The number of benzene rings is 7. The molecular weight excluding hydrogens is 849 g/mol. The third-order valence-electron chi connectivity index (χ3n) is 11.6. The van der Waals surface area contributed by atoms with Crippen LogP contribution in [0.25, 0.3) is 33.3 Å². The standard InChI is InChI=1S/C52H40F4N6O4/c1-60-48-42(29-40(52(54,55)56)30-44(48)61(50(60)64)31-47(63)58-41-25-15-18-35(26-41)34-16-7-3-8-17-34)36-27-43(53)49(45(28-36)65-2)66-32-46-59-57-33-62(46)51(37-19-9-4-10-20-37,38-21-11-5-12-22-38)39-23-13-6-14-24-39/h3-30,33H,31-32H2,1-2H3,(H,58,63). The Morgan fingerprint density at radius 2 is 1.29 bits per heavy atom. The minimum atomic E-state index is -4.88. The van der Waals surface area contributed by atoms with Gasteiger partial charge in [-0.25, -0.2) is 9.18 Å². The zero-order valence-corrected chi connectivity index (χ0v) is 35.5. The highest BCUT2D eigenvalue weighted by atomic mass is 19.4. The summed E-state index contributed by atoms with van der Waals surface area (Å²) in [6.45, 7) is -0.910. The van der Waals surface area contributed by atoms with Gasteiger partial charge in [0.2, 0.25) is 5.91 Å². The number of amides is 1. The first-order valence-corrected chi connectivity index (χ1v) is 20.8. The molecule has 0 spiro atoms. The Morgan fingerprint density at radius 3 is 1.88 bits per heavy atom. The quantitative estimate of drug-likeness (QED) is 0.0913. The number of hydrogen-bond acceptors (Lipinski definition) is 6. The fraction of sp³-hybridized carbons (Fsp3) is 0.115. The van der Waals surface area contributed by atoms with E-state index in [4.69, 9.17) is 9.47 Å². The van der Waals surface area contributed by atoms with Gasteiger partial charge in [0.1, 0.15) is 25.0 Å². The second-order valence-electron chi connectivity index (χ2n) is 15.5. The largest absolute Gasteiger partial charge is 0.493 e. The van der Waals surface area contributed by atoms with E-state index in [1.165, 1.54) is 20.2 Å². The number of aryl methyl sites for hydroxylation is 1. The average molecular weight is 889 g/mol. The molecule has 14 heteroatoms. The van der Waals surface area contributed by atoms with E-state index in [9.17, 15) is 22.8 Å². The molecule has 0 unspecified atom stereocenters. The molecule has 9 rings (SSSR count). The Hall–Kier alpha value is -8.26. The van der Waals surface area contributed by atoms with Gasteiger partial charge in [0, 0.05) is 18.3 Å². The normalized spacial score (nSPS) is 11.7. The molecule has 0 radical (unpaired) electrons. The maximum atomic E-state index is 16.6. The lowest BCUT2D eigenvalue weighted by atomic mass is 9.76. The van der Waals surface area contributed by atoms with Gasteiger partial charge in [-0.2, -0.15) is 13.2 Å². The molecule has 2 aromatic heterocycles. The fourth-order valence-electron chi connectivity index (χ4n) is 8.59. The van der Waals surface area contributed by atoms with E-state index in [0.717, 1.165) is 55.2 Å². The minimum Gasteiger partial charge on any atom is -0.493 e. The van der Waals surface area contributed by atoms with Gasteiger partial charge in [0.15, 0.2) is 23.1 Å². The van der Waals surface area contributed by atoms with Gasteiger partial charge >= 0.3 is 11.9 Å². The third kappa shape index (κ3) is 7.97. The summed E-state index contributed by atoms with van der Waals surface area (Å²) in [5, 5.41) is 11.5. The summed E-state index contributed by atoms with van der Waals surface area (Å²) in [5.41, 5.74) is 1.65. The first kappa shape index (κ1) is 43.0. The Bertz CT molecular complexity index is 3150. The molecule has 0 bridgehead atoms. The first-order valence-electron chi connectivity index (χ1n) is 20.8. The average Bonchev–Trinajstić information content (AvgIpc) is 3.90. The van der Waals surface area contributed by atoms with Crippen LogP contribution in [0.3, 0.4) is 0 Å². The van der Waals surface area contributed by atoms with Crippen molar-refractivity contribution in [2.24, 2.45) is 7.05 Å². The number of carbonyl (C=O) groups excluding carboxylic acids is 1. The number of fused-ring (bicyclic) bond motifs is 1. The number of anilines is 1. The smallest absolute Gasteiger partial charge is 0.416 e. The molecule has 0 aliphatic heterocycles. The Balaban J connectivity index is 1.07. The topological polar surface area (TPSA) is 105 Å². The molecule has 330 valence electrons. The lowest BCUT2D eigenvalue weighted by molar-refractivity contribution is -0.137. The number of rotatable bonds is 13. The van der Waals surface area contributed by atoms with Gasteiger partial charge in [0.25, 0.3) is 0 Å². The van der Waals surface area contributed by atoms with Crippen molar-refractivity contribution >= 4 is 22.6 Å².